The molecule has 2 unspecified atom stereocenters. The number of rotatable bonds is 6. The van der Waals surface area contributed by atoms with Crippen LogP contribution in [0.2, 0.25) is 0 Å². The van der Waals surface area contributed by atoms with Crippen molar-refractivity contribution in [1.29, 1.82) is 0 Å². The summed E-state index contributed by atoms with van der Waals surface area (Å²) in [6.45, 7) is 8.53. The van der Waals surface area contributed by atoms with E-state index in [9.17, 15) is 5.11 Å². The molecule has 5 nitrogen and oxygen atoms in total. The van der Waals surface area contributed by atoms with E-state index in [0.29, 0.717) is 18.3 Å². The van der Waals surface area contributed by atoms with E-state index in [1.54, 1.807) is 6.92 Å². The van der Waals surface area contributed by atoms with Crippen LogP contribution in [0.25, 0.3) is 0 Å². The van der Waals surface area contributed by atoms with Crippen molar-refractivity contribution in [3.05, 3.63) is 11.7 Å². The zero-order chi connectivity index (χ0) is 15.5. The third kappa shape index (κ3) is 3.46. The third-order valence-corrected chi connectivity index (χ3v) is 4.45. The maximum atomic E-state index is 9.96. The number of aliphatic hydroxyl groups excluding tert-OH is 1. The van der Waals surface area contributed by atoms with E-state index < -0.39 is 11.7 Å². The van der Waals surface area contributed by atoms with Gasteiger partial charge in [0.1, 0.15) is 5.60 Å². The summed E-state index contributed by atoms with van der Waals surface area (Å²) in [6, 6.07) is 0. The molecule has 0 aromatic carbocycles. The Bertz CT molecular complexity index is 423. The first-order valence-corrected chi connectivity index (χ1v) is 8.16. The minimum absolute atomic E-state index is 0.131. The molecule has 0 aliphatic heterocycles. The van der Waals surface area contributed by atoms with Crippen LogP contribution in [0, 0.1) is 5.92 Å². The van der Waals surface area contributed by atoms with Gasteiger partial charge in [-0.25, -0.2) is 0 Å². The summed E-state index contributed by atoms with van der Waals surface area (Å²) >= 11 is 0. The van der Waals surface area contributed by atoms with Crippen molar-refractivity contribution in [2.24, 2.45) is 5.92 Å². The lowest BCUT2D eigenvalue weighted by molar-refractivity contribution is -0.0777. The average Bonchev–Trinajstić information content (AvgIpc) is 2.89. The normalized spacial score (nSPS) is 21.4. The fraction of sp³-hybridized carbons (Fsp3) is 0.875. The smallest absolute Gasteiger partial charge is 0.232 e. The fourth-order valence-electron chi connectivity index (χ4n) is 3.44. The van der Waals surface area contributed by atoms with Crippen molar-refractivity contribution in [2.45, 2.75) is 77.4 Å². The van der Waals surface area contributed by atoms with Crippen molar-refractivity contribution in [3.63, 3.8) is 0 Å². The maximum Gasteiger partial charge on any atom is 0.232 e. The molecule has 0 radical (unpaired) electrons. The first-order valence-electron chi connectivity index (χ1n) is 8.16. The SMILES string of the molecule is CCOC1(c2noc(C(C(C)C)C(C)O)n2)CCCCC1. The lowest BCUT2D eigenvalue weighted by Crippen LogP contribution is -2.33. The van der Waals surface area contributed by atoms with E-state index in [1.807, 2.05) is 6.92 Å². The molecule has 0 spiro atoms. The number of aliphatic hydroxyl groups is 1. The van der Waals surface area contributed by atoms with Gasteiger partial charge < -0.3 is 14.4 Å². The van der Waals surface area contributed by atoms with Gasteiger partial charge in [-0.05, 0) is 32.6 Å². The predicted molar refractivity (Wildman–Crippen MR) is 79.9 cm³/mol. The highest BCUT2D eigenvalue weighted by Crippen LogP contribution is 2.40. The van der Waals surface area contributed by atoms with Crippen LogP contribution in [0.4, 0.5) is 0 Å². The van der Waals surface area contributed by atoms with Gasteiger partial charge >= 0.3 is 0 Å². The highest BCUT2D eigenvalue weighted by atomic mass is 16.5. The summed E-state index contributed by atoms with van der Waals surface area (Å²) < 4.78 is 11.5. The monoisotopic (exact) mass is 296 g/mol. The number of hydrogen-bond donors (Lipinski definition) is 1. The van der Waals surface area contributed by atoms with Crippen LogP contribution in [-0.4, -0.2) is 28.0 Å². The van der Waals surface area contributed by atoms with Crippen LogP contribution in [0.3, 0.4) is 0 Å². The lowest BCUT2D eigenvalue weighted by Gasteiger charge is -2.34. The quantitative estimate of drug-likeness (QED) is 0.871. The van der Waals surface area contributed by atoms with Crippen LogP contribution in [0.5, 0.6) is 0 Å². The summed E-state index contributed by atoms with van der Waals surface area (Å²) in [7, 11) is 0. The molecule has 0 saturated heterocycles. The van der Waals surface area contributed by atoms with E-state index in [-0.39, 0.29) is 11.8 Å². The van der Waals surface area contributed by atoms with Crippen LogP contribution in [0.15, 0.2) is 4.52 Å². The van der Waals surface area contributed by atoms with Gasteiger partial charge in [0.2, 0.25) is 11.7 Å². The van der Waals surface area contributed by atoms with E-state index in [1.165, 1.54) is 6.42 Å². The largest absolute Gasteiger partial charge is 0.393 e. The van der Waals surface area contributed by atoms with Crippen molar-refractivity contribution in [3.8, 4) is 0 Å². The summed E-state index contributed by atoms with van der Waals surface area (Å²) in [4.78, 5) is 4.60. The molecule has 120 valence electrons. The van der Waals surface area contributed by atoms with Gasteiger partial charge in [-0.3, -0.25) is 0 Å². The number of aromatic nitrogens is 2. The molecule has 2 atom stereocenters. The Morgan fingerprint density at radius 3 is 2.43 bits per heavy atom. The second-order valence-corrected chi connectivity index (χ2v) is 6.45. The first kappa shape index (κ1) is 16.4. The molecule has 1 aromatic rings. The van der Waals surface area contributed by atoms with Crippen LogP contribution >= 0.6 is 0 Å². The molecule has 5 heteroatoms. The molecule has 1 N–H and O–H groups in total. The van der Waals surface area contributed by atoms with E-state index in [4.69, 9.17) is 9.26 Å². The Morgan fingerprint density at radius 1 is 1.24 bits per heavy atom. The Kier molecular flexibility index (Phi) is 5.38. The highest BCUT2D eigenvalue weighted by molar-refractivity contribution is 5.06. The molecule has 1 aliphatic carbocycles. The Morgan fingerprint density at radius 2 is 1.90 bits per heavy atom. The molecule has 1 heterocycles. The molecular formula is C16H28N2O3. The molecule has 2 rings (SSSR count). The van der Waals surface area contributed by atoms with Crippen LogP contribution in [-0.2, 0) is 10.3 Å². The number of nitrogens with zero attached hydrogens (tertiary/aromatic N) is 2. The van der Waals surface area contributed by atoms with Crippen LogP contribution < -0.4 is 0 Å². The summed E-state index contributed by atoms with van der Waals surface area (Å²) in [6.07, 6.45) is 4.89. The van der Waals surface area contributed by atoms with Crippen molar-refractivity contribution < 1.29 is 14.4 Å². The van der Waals surface area contributed by atoms with Crippen molar-refractivity contribution in [2.75, 3.05) is 6.61 Å². The predicted octanol–water partition coefficient (Wildman–Crippen LogP) is 3.39. The molecule has 1 aliphatic rings. The van der Waals surface area contributed by atoms with Gasteiger partial charge in [0.25, 0.3) is 0 Å². The summed E-state index contributed by atoms with van der Waals surface area (Å²) in [5.41, 5.74) is -0.394. The second-order valence-electron chi connectivity index (χ2n) is 6.45. The van der Waals surface area contributed by atoms with E-state index >= 15 is 0 Å². The Balaban J connectivity index is 2.28. The molecule has 0 amide bonds. The van der Waals surface area contributed by atoms with Gasteiger partial charge in [0.05, 0.1) is 12.0 Å². The Labute approximate surface area is 127 Å². The highest BCUT2D eigenvalue weighted by Gasteiger charge is 2.40. The fourth-order valence-corrected chi connectivity index (χ4v) is 3.44. The molecule has 1 fully saturated rings. The average molecular weight is 296 g/mol. The zero-order valence-corrected chi connectivity index (χ0v) is 13.6. The molecular weight excluding hydrogens is 268 g/mol. The standard InChI is InChI=1S/C16H28N2O3/c1-5-20-16(9-7-6-8-10-16)15-17-14(21-18-15)13(11(2)3)12(4)19/h11-13,19H,5-10H2,1-4H3. The van der Waals surface area contributed by atoms with E-state index in [0.717, 1.165) is 25.7 Å². The van der Waals surface area contributed by atoms with Gasteiger partial charge in [0.15, 0.2) is 0 Å². The maximum absolute atomic E-state index is 9.96. The van der Waals surface area contributed by atoms with Crippen LogP contribution in [0.1, 0.15) is 77.4 Å². The van der Waals surface area contributed by atoms with Crippen molar-refractivity contribution >= 4 is 0 Å². The van der Waals surface area contributed by atoms with Gasteiger partial charge in [-0.2, -0.15) is 4.98 Å². The first-order chi connectivity index (χ1) is 10.00. The van der Waals surface area contributed by atoms with Gasteiger partial charge in [0, 0.05) is 6.61 Å². The number of ether oxygens (including phenoxy) is 1. The zero-order valence-electron chi connectivity index (χ0n) is 13.6. The van der Waals surface area contributed by atoms with Crippen molar-refractivity contribution in [1.82, 2.24) is 10.1 Å². The minimum Gasteiger partial charge on any atom is -0.393 e. The van der Waals surface area contributed by atoms with Gasteiger partial charge in [-0.1, -0.05) is 38.3 Å². The lowest BCUT2D eigenvalue weighted by atomic mass is 9.84. The molecule has 1 aromatic heterocycles. The number of hydrogen-bond acceptors (Lipinski definition) is 5. The third-order valence-electron chi connectivity index (χ3n) is 4.45. The Hall–Kier alpha value is -0.940. The topological polar surface area (TPSA) is 68.4 Å². The second kappa shape index (κ2) is 6.88. The van der Waals surface area contributed by atoms with E-state index in [2.05, 4.69) is 24.0 Å². The minimum atomic E-state index is -0.507. The van der Waals surface area contributed by atoms with Gasteiger partial charge in [-0.15, -0.1) is 0 Å². The summed E-state index contributed by atoms with van der Waals surface area (Å²) in [5.74, 6) is 1.30. The molecule has 21 heavy (non-hydrogen) atoms. The molecule has 0 bridgehead atoms. The molecule has 1 saturated carbocycles. The summed E-state index contributed by atoms with van der Waals surface area (Å²) in [5, 5.41) is 14.2.